The van der Waals surface area contributed by atoms with E-state index in [4.69, 9.17) is 14.3 Å². The first kappa shape index (κ1) is 14.5. The summed E-state index contributed by atoms with van der Waals surface area (Å²) in [4.78, 5) is 4.51. The van der Waals surface area contributed by atoms with Crippen LogP contribution < -0.4 is 0 Å². The molecule has 0 aliphatic rings. The molecule has 2 rings (SSSR count). The Morgan fingerprint density at radius 3 is 2.80 bits per heavy atom. The molecule has 106 valence electrons. The van der Waals surface area contributed by atoms with E-state index in [0.29, 0.717) is 19.1 Å². The lowest BCUT2D eigenvalue weighted by atomic mass is 10.2. The van der Waals surface area contributed by atoms with Gasteiger partial charge in [-0.3, -0.25) is 0 Å². The minimum absolute atomic E-state index is 0.0478. The molecule has 20 heavy (non-hydrogen) atoms. The molecule has 0 amide bonds. The number of aliphatic hydroxyl groups is 1. The molecule has 0 saturated carbocycles. The highest BCUT2D eigenvalue weighted by Gasteiger charge is 2.10. The molecule has 0 radical (unpaired) electrons. The fourth-order valence-electron chi connectivity index (χ4n) is 1.83. The average molecular weight is 273 g/mol. The van der Waals surface area contributed by atoms with Crippen LogP contribution in [0.1, 0.15) is 11.5 Å². The third-order valence-corrected chi connectivity index (χ3v) is 2.88. The van der Waals surface area contributed by atoms with Crippen molar-refractivity contribution in [3.8, 4) is 11.5 Å². The van der Waals surface area contributed by atoms with Gasteiger partial charge >= 0.3 is 0 Å². The van der Waals surface area contributed by atoms with Crippen LogP contribution in [0.2, 0.25) is 0 Å². The lowest BCUT2D eigenvalue weighted by Gasteiger charge is -1.98. The van der Waals surface area contributed by atoms with Gasteiger partial charge in [0.15, 0.2) is 0 Å². The molecule has 1 heterocycles. The molecule has 1 aromatic heterocycles. The summed E-state index contributed by atoms with van der Waals surface area (Å²) in [6.45, 7) is 3.05. The van der Waals surface area contributed by atoms with E-state index in [2.05, 4.69) is 4.98 Å². The molecule has 2 aromatic rings. The highest BCUT2D eigenvalue weighted by atomic mass is 16.5. The van der Waals surface area contributed by atoms with Crippen molar-refractivity contribution < 1.29 is 14.3 Å². The third-order valence-electron chi connectivity index (χ3n) is 2.88. The normalized spacial score (nSPS) is 11.3. The van der Waals surface area contributed by atoms with Gasteiger partial charge in [-0.2, -0.15) is 0 Å². The quantitative estimate of drug-likeness (QED) is 0.622. The van der Waals surface area contributed by atoms with Gasteiger partial charge < -0.3 is 14.3 Å². The largest absolute Gasteiger partial charge is 0.441 e. The summed E-state index contributed by atoms with van der Waals surface area (Å²) < 4.78 is 11.1. The lowest BCUT2D eigenvalue weighted by Crippen LogP contribution is -2.00. The molecule has 0 saturated heterocycles. The molecule has 4 heteroatoms. The van der Waals surface area contributed by atoms with Crippen LogP contribution in [-0.2, 0) is 11.2 Å². The van der Waals surface area contributed by atoms with Gasteiger partial charge in [0, 0.05) is 12.0 Å². The van der Waals surface area contributed by atoms with Crippen molar-refractivity contribution in [1.82, 2.24) is 4.98 Å². The molecule has 1 aromatic carbocycles. The summed E-state index contributed by atoms with van der Waals surface area (Å²) in [5.41, 5.74) is 1.91. The van der Waals surface area contributed by atoms with Crippen molar-refractivity contribution in [2.24, 2.45) is 0 Å². The van der Waals surface area contributed by atoms with Gasteiger partial charge in [-0.1, -0.05) is 30.4 Å². The van der Waals surface area contributed by atoms with Crippen molar-refractivity contribution in [2.75, 3.05) is 19.8 Å². The second-order valence-corrected chi connectivity index (χ2v) is 4.37. The first-order valence-corrected chi connectivity index (χ1v) is 6.66. The van der Waals surface area contributed by atoms with E-state index in [1.54, 1.807) is 12.2 Å². The predicted molar refractivity (Wildman–Crippen MR) is 77.4 cm³/mol. The summed E-state index contributed by atoms with van der Waals surface area (Å²) in [7, 11) is 0. The van der Waals surface area contributed by atoms with E-state index in [0.717, 1.165) is 23.4 Å². The summed E-state index contributed by atoms with van der Waals surface area (Å²) in [5, 5.41) is 8.58. The summed E-state index contributed by atoms with van der Waals surface area (Å²) >= 11 is 0. The average Bonchev–Trinajstić information content (AvgIpc) is 2.85. The lowest BCUT2D eigenvalue weighted by molar-refractivity contribution is 0.164. The summed E-state index contributed by atoms with van der Waals surface area (Å²) in [5.74, 6) is 1.48. The Bertz CT molecular complexity index is 546. The fraction of sp³-hybridized carbons (Fsp3) is 0.312. The van der Waals surface area contributed by atoms with Gasteiger partial charge in [0.1, 0.15) is 5.76 Å². The number of aromatic nitrogens is 1. The van der Waals surface area contributed by atoms with Crippen molar-refractivity contribution in [3.63, 3.8) is 0 Å². The first-order chi connectivity index (χ1) is 9.81. The maximum Gasteiger partial charge on any atom is 0.226 e. The number of rotatable bonds is 7. The van der Waals surface area contributed by atoms with Crippen molar-refractivity contribution in [3.05, 3.63) is 53.9 Å². The van der Waals surface area contributed by atoms with Gasteiger partial charge in [-0.15, -0.1) is 0 Å². The standard InChI is InChI=1S/C16H19NO3/c1-13-15(9-12-19-11-6-5-10-18)17-16(20-13)14-7-3-2-4-8-14/h2-8,18H,9-12H2,1H3. The van der Waals surface area contributed by atoms with Gasteiger partial charge in [0.05, 0.1) is 25.5 Å². The summed E-state index contributed by atoms with van der Waals surface area (Å²) in [6.07, 6.45) is 4.18. The Hall–Kier alpha value is -1.91. The Labute approximate surface area is 118 Å². The fourth-order valence-corrected chi connectivity index (χ4v) is 1.83. The van der Waals surface area contributed by atoms with E-state index >= 15 is 0 Å². The van der Waals surface area contributed by atoms with Crippen LogP contribution in [0.5, 0.6) is 0 Å². The molecular weight excluding hydrogens is 254 g/mol. The van der Waals surface area contributed by atoms with Crippen LogP contribution in [-0.4, -0.2) is 29.9 Å². The molecule has 0 aliphatic heterocycles. The van der Waals surface area contributed by atoms with Crippen molar-refractivity contribution >= 4 is 0 Å². The van der Waals surface area contributed by atoms with Crippen LogP contribution in [0.4, 0.5) is 0 Å². The maximum atomic E-state index is 8.58. The third kappa shape index (κ3) is 4.05. The van der Waals surface area contributed by atoms with Gasteiger partial charge in [0.2, 0.25) is 5.89 Å². The molecule has 1 N–H and O–H groups in total. The van der Waals surface area contributed by atoms with Crippen LogP contribution in [0.15, 0.2) is 46.9 Å². The monoisotopic (exact) mass is 273 g/mol. The van der Waals surface area contributed by atoms with Crippen molar-refractivity contribution in [1.29, 1.82) is 0 Å². The minimum atomic E-state index is 0.0478. The Morgan fingerprint density at radius 1 is 1.25 bits per heavy atom. The predicted octanol–water partition coefficient (Wildman–Crippen LogP) is 2.76. The van der Waals surface area contributed by atoms with E-state index in [1.807, 2.05) is 37.3 Å². The topological polar surface area (TPSA) is 55.5 Å². The number of oxazole rings is 1. The number of aryl methyl sites for hydroxylation is 1. The second-order valence-electron chi connectivity index (χ2n) is 4.37. The number of hydrogen-bond acceptors (Lipinski definition) is 4. The maximum absolute atomic E-state index is 8.58. The zero-order valence-electron chi connectivity index (χ0n) is 11.6. The Kier molecular flexibility index (Phi) is 5.53. The minimum Gasteiger partial charge on any atom is -0.441 e. The highest BCUT2D eigenvalue weighted by molar-refractivity contribution is 5.53. The SMILES string of the molecule is Cc1oc(-c2ccccc2)nc1CCOCC=CCO. The van der Waals surface area contributed by atoms with Gasteiger partial charge in [-0.25, -0.2) is 4.98 Å². The molecule has 0 aliphatic carbocycles. The molecule has 0 spiro atoms. The molecule has 4 nitrogen and oxygen atoms in total. The van der Waals surface area contributed by atoms with Crippen LogP contribution >= 0.6 is 0 Å². The molecule has 0 atom stereocenters. The molecular formula is C16H19NO3. The Balaban J connectivity index is 1.90. The zero-order valence-corrected chi connectivity index (χ0v) is 11.6. The number of nitrogens with zero attached hydrogens (tertiary/aromatic N) is 1. The smallest absolute Gasteiger partial charge is 0.226 e. The van der Waals surface area contributed by atoms with Crippen LogP contribution in [0.3, 0.4) is 0 Å². The number of benzene rings is 1. The zero-order chi connectivity index (χ0) is 14.2. The summed E-state index contributed by atoms with van der Waals surface area (Å²) in [6, 6.07) is 9.85. The highest BCUT2D eigenvalue weighted by Crippen LogP contribution is 2.21. The van der Waals surface area contributed by atoms with E-state index in [9.17, 15) is 0 Å². The number of aliphatic hydroxyl groups excluding tert-OH is 1. The second kappa shape index (κ2) is 7.62. The van der Waals surface area contributed by atoms with Crippen molar-refractivity contribution in [2.45, 2.75) is 13.3 Å². The molecule has 0 unspecified atom stereocenters. The Morgan fingerprint density at radius 2 is 2.05 bits per heavy atom. The van der Waals surface area contributed by atoms with E-state index < -0.39 is 0 Å². The van der Waals surface area contributed by atoms with Gasteiger partial charge in [0.25, 0.3) is 0 Å². The first-order valence-electron chi connectivity index (χ1n) is 6.66. The van der Waals surface area contributed by atoms with Crippen LogP contribution in [0, 0.1) is 6.92 Å². The van der Waals surface area contributed by atoms with Gasteiger partial charge in [-0.05, 0) is 19.1 Å². The van der Waals surface area contributed by atoms with Crippen LogP contribution in [0.25, 0.3) is 11.5 Å². The van der Waals surface area contributed by atoms with E-state index in [1.165, 1.54) is 0 Å². The molecule has 0 fully saturated rings. The number of hydrogen-bond donors (Lipinski definition) is 1. The number of ether oxygens (including phenoxy) is 1. The molecule has 0 bridgehead atoms. The van der Waals surface area contributed by atoms with E-state index in [-0.39, 0.29) is 6.61 Å².